The van der Waals surface area contributed by atoms with Crippen molar-refractivity contribution >= 4 is 57.3 Å². The Morgan fingerprint density at radius 3 is 1.13 bits per heavy atom. The number of hydrogen-bond acceptors (Lipinski definition) is 7. The second-order valence-corrected chi connectivity index (χ2v) is 17.0. The van der Waals surface area contributed by atoms with Crippen molar-refractivity contribution in [2.45, 2.75) is 63.7 Å². The Morgan fingerprint density at radius 1 is 0.468 bits per heavy atom. The van der Waals surface area contributed by atoms with Crippen LogP contribution < -0.4 is 21.7 Å². The van der Waals surface area contributed by atoms with E-state index in [1.807, 2.05) is 0 Å². The lowest BCUT2D eigenvalue weighted by Crippen LogP contribution is -2.50. The van der Waals surface area contributed by atoms with Gasteiger partial charge in [0.2, 0.25) is 0 Å². The van der Waals surface area contributed by atoms with Crippen molar-refractivity contribution in [3.05, 3.63) is 188 Å². The minimum absolute atomic E-state index is 0.000187. The van der Waals surface area contributed by atoms with E-state index in [9.17, 15) is 94.7 Å². The smallest absolute Gasteiger partial charge is 0.398 e. The molecule has 0 radical (unpaired) electrons. The molecule has 0 heterocycles. The van der Waals surface area contributed by atoms with Crippen LogP contribution in [0.2, 0.25) is 0 Å². The fourth-order valence-corrected chi connectivity index (χ4v) is 7.37. The summed E-state index contributed by atoms with van der Waals surface area (Å²) in [6.45, 7) is 4.43. The molecule has 5 N–H and O–H groups in total. The van der Waals surface area contributed by atoms with E-state index in [-0.39, 0.29) is 78.4 Å². The van der Waals surface area contributed by atoms with Gasteiger partial charge in [-0.3, -0.25) is 19.2 Å². The quantitative estimate of drug-likeness (QED) is 0.0632. The second kappa shape index (κ2) is 23.9. The lowest BCUT2D eigenvalue weighted by molar-refractivity contribution is -0.349. The number of hydrogen-bond donors (Lipinski definition) is 4. The van der Waals surface area contributed by atoms with Gasteiger partial charge < -0.3 is 21.7 Å². The van der Waals surface area contributed by atoms with Crippen LogP contribution in [0.4, 0.5) is 93.0 Å². The first-order valence-electron chi connectivity index (χ1n) is 21.7. The number of alkyl halides is 14. The number of nitriles is 2. The molecule has 416 valence electrons. The minimum Gasteiger partial charge on any atom is -0.398 e. The highest BCUT2D eigenvalue weighted by molar-refractivity contribution is 6.67. The third kappa shape index (κ3) is 13.7. The van der Waals surface area contributed by atoms with Crippen LogP contribution in [0.15, 0.2) is 109 Å². The normalized spacial score (nSPS) is 11.8. The zero-order valence-corrected chi connectivity index (χ0v) is 41.2. The first-order valence-corrected chi connectivity index (χ1v) is 22.1. The molecule has 0 aromatic heterocycles. The molecular weight excluding hydrogens is 1110 g/mol. The summed E-state index contributed by atoms with van der Waals surface area (Å²) in [5.74, 6) is -4.04. The maximum absolute atomic E-state index is 14.5. The highest BCUT2D eigenvalue weighted by Gasteiger charge is 2.74. The summed E-state index contributed by atoms with van der Waals surface area (Å²) in [6.07, 6.45) is -25.1. The molecular formula is C52H35ClF16N6O4. The van der Waals surface area contributed by atoms with E-state index >= 15 is 0 Å². The zero-order valence-electron chi connectivity index (χ0n) is 40.4. The molecule has 0 unspecified atom stereocenters. The van der Waals surface area contributed by atoms with Crippen LogP contribution in [0, 0.1) is 62.0 Å². The van der Waals surface area contributed by atoms with Gasteiger partial charge in [-0.1, -0.05) is 48.5 Å². The largest absolute Gasteiger partial charge is 0.435 e. The van der Waals surface area contributed by atoms with Gasteiger partial charge in [0.1, 0.15) is 23.8 Å². The van der Waals surface area contributed by atoms with Gasteiger partial charge in [-0.05, 0) is 122 Å². The predicted molar refractivity (Wildman–Crippen MR) is 255 cm³/mol. The summed E-state index contributed by atoms with van der Waals surface area (Å²) >= 11 is 5.03. The Labute approximate surface area is 441 Å². The first kappa shape index (κ1) is 62.9. The van der Waals surface area contributed by atoms with Crippen LogP contribution >= 0.6 is 11.6 Å². The number of benzene rings is 6. The number of nitrogen functional groups attached to an aromatic ring is 1. The van der Waals surface area contributed by atoms with Crippen molar-refractivity contribution in [3.8, 4) is 12.1 Å². The summed E-state index contributed by atoms with van der Waals surface area (Å²) in [5.41, 5.74) is -11.0. The summed E-state index contributed by atoms with van der Waals surface area (Å²) in [6, 6.07) is 22.7. The lowest BCUT2D eigenvalue weighted by Gasteiger charge is -2.31. The molecule has 0 bridgehead atoms. The fraction of sp³-hybridized carbons (Fsp3) is 0.192. The topological polar surface area (TPSA) is 178 Å². The van der Waals surface area contributed by atoms with Crippen molar-refractivity contribution < 1.29 is 89.4 Å². The molecule has 3 amide bonds. The Bertz CT molecular complexity index is 3340. The lowest BCUT2D eigenvalue weighted by atomic mass is 9.90. The van der Waals surface area contributed by atoms with Gasteiger partial charge in [-0.2, -0.15) is 63.2 Å². The highest BCUT2D eigenvalue weighted by atomic mass is 35.5. The maximum Gasteiger partial charge on any atom is 0.435 e. The average Bonchev–Trinajstić information content (AvgIpc) is 3.41. The van der Waals surface area contributed by atoms with Crippen molar-refractivity contribution in [2.24, 2.45) is 0 Å². The van der Waals surface area contributed by atoms with Crippen LogP contribution in [0.1, 0.15) is 85.9 Å². The number of nitrogens with one attached hydrogen (secondary N) is 3. The third-order valence-electron chi connectivity index (χ3n) is 11.2. The van der Waals surface area contributed by atoms with E-state index in [0.717, 1.165) is 39.8 Å². The number of halogens is 17. The molecule has 0 spiro atoms. The first-order chi connectivity index (χ1) is 36.4. The van der Waals surface area contributed by atoms with Crippen LogP contribution in [0.25, 0.3) is 0 Å². The second-order valence-electron chi connectivity index (χ2n) is 16.7. The van der Waals surface area contributed by atoms with Gasteiger partial charge in [-0.15, -0.1) is 0 Å². The van der Waals surface area contributed by atoms with Crippen molar-refractivity contribution in [1.29, 1.82) is 10.5 Å². The number of amides is 3. The summed E-state index contributed by atoms with van der Waals surface area (Å²) in [4.78, 5) is 48.1. The average molecular weight is 1150 g/mol. The number of nitrogens with zero attached hydrogens (tertiary/aromatic N) is 2. The molecule has 0 fully saturated rings. The molecule has 6 aromatic carbocycles. The molecule has 0 saturated heterocycles. The van der Waals surface area contributed by atoms with Gasteiger partial charge in [0, 0.05) is 33.6 Å². The number of rotatable bonds is 9. The Morgan fingerprint density at radius 2 is 0.810 bits per heavy atom. The zero-order chi connectivity index (χ0) is 60.0. The predicted octanol–water partition coefficient (Wildman–Crippen LogP) is 14.6. The van der Waals surface area contributed by atoms with Crippen LogP contribution in [-0.4, -0.2) is 47.7 Å². The van der Waals surface area contributed by atoms with Gasteiger partial charge in [0.15, 0.2) is 0 Å². The van der Waals surface area contributed by atoms with Crippen molar-refractivity contribution in [3.63, 3.8) is 0 Å². The molecule has 79 heavy (non-hydrogen) atoms. The summed E-state index contributed by atoms with van der Waals surface area (Å²) < 4.78 is 212. The number of nitrogens with two attached hydrogens (primary N) is 1. The van der Waals surface area contributed by atoms with Gasteiger partial charge in [-0.25, -0.2) is 17.6 Å². The fourth-order valence-electron chi connectivity index (χ4n) is 7.21. The Hall–Kier alpha value is -8.65. The Kier molecular flexibility index (Phi) is 19.1. The minimum atomic E-state index is -6.30. The Balaban J connectivity index is 0.000000296. The number of anilines is 4. The van der Waals surface area contributed by atoms with Gasteiger partial charge in [0.05, 0.1) is 33.6 Å². The van der Waals surface area contributed by atoms with E-state index in [0.29, 0.717) is 24.3 Å². The van der Waals surface area contributed by atoms with Crippen LogP contribution in [0.3, 0.4) is 0 Å². The molecule has 0 aliphatic carbocycles. The molecule has 6 rings (SSSR count). The number of carbonyl (C=O) groups excluding carboxylic acids is 4. The molecule has 0 atom stereocenters. The van der Waals surface area contributed by atoms with Crippen molar-refractivity contribution in [2.75, 3.05) is 21.7 Å². The molecule has 6 aromatic rings. The molecule has 0 aliphatic rings. The van der Waals surface area contributed by atoms with E-state index in [1.54, 1.807) is 18.2 Å². The molecule has 27 heteroatoms. The van der Waals surface area contributed by atoms with Gasteiger partial charge in [0.25, 0.3) is 23.0 Å². The van der Waals surface area contributed by atoms with Crippen LogP contribution in [0.5, 0.6) is 0 Å². The number of aryl methyl sites for hydroxylation is 4. The molecule has 0 aliphatic heterocycles. The van der Waals surface area contributed by atoms with Crippen molar-refractivity contribution in [1.82, 2.24) is 0 Å². The van der Waals surface area contributed by atoms with E-state index < -0.39 is 81.8 Å². The van der Waals surface area contributed by atoms with E-state index in [1.165, 1.54) is 66.7 Å². The van der Waals surface area contributed by atoms with E-state index in [4.69, 9.17) is 22.6 Å². The maximum atomic E-state index is 14.5. The summed E-state index contributed by atoms with van der Waals surface area (Å²) in [5, 5.41) is 24.4. The summed E-state index contributed by atoms with van der Waals surface area (Å²) in [7, 11) is 0. The van der Waals surface area contributed by atoms with Gasteiger partial charge >= 0.3 is 36.0 Å². The highest BCUT2D eigenvalue weighted by Crippen LogP contribution is 2.55. The SMILES string of the molecule is Cc1cc(C(F)(C(F)(F)F)C(F)(F)F)cc(C)c1NC(=O)c1ccc(C#N)c(N)c1.Cc1cc(C(F)(C(F)(F)F)C(F)(F)F)cc(C)c1NC(=O)c1ccc(C#N)c(NC(=O)c2ccccc2F)c1.O=C(Cl)c1ccccc1F. The monoisotopic (exact) mass is 1150 g/mol. The molecule has 0 saturated carbocycles. The van der Waals surface area contributed by atoms with E-state index in [2.05, 4.69) is 16.0 Å². The standard InChI is InChI=1S/C26H17F8N3O2.C19H14F7N3O.C7H4ClFO/c1-13-9-17(24(28,25(29,30)31)26(32,33)34)10-14(2)21(13)37-22(38)15-7-8-16(12-35)20(11-15)36-23(39)18-5-3-4-6-19(18)27;1-9-5-13(17(20,18(21,22)23)19(24,25)26)6-10(2)15(9)29-16(30)11-3-4-12(8-27)14(28)7-11;8-7(10)5-3-1-2-4-6(5)9/h3-11H,1-2H3,(H,36,39)(H,37,38);3-7H,28H2,1-2H3,(H,29,30);1-4H. The molecule has 10 nitrogen and oxygen atoms in total. The van der Waals surface area contributed by atoms with Crippen LogP contribution in [-0.2, 0) is 11.3 Å². The number of carbonyl (C=O) groups is 4. The third-order valence-corrected chi connectivity index (χ3v) is 11.4.